The number of benzene rings is 2. The summed E-state index contributed by atoms with van der Waals surface area (Å²) in [6, 6.07) is 16.5. The van der Waals surface area contributed by atoms with Gasteiger partial charge in [0.15, 0.2) is 0 Å². The van der Waals surface area contributed by atoms with Crippen molar-refractivity contribution in [2.24, 2.45) is 0 Å². The lowest BCUT2D eigenvalue weighted by atomic mass is 9.88. The molecule has 3 atom stereocenters. The van der Waals surface area contributed by atoms with Gasteiger partial charge in [0, 0.05) is 18.8 Å². The number of aromatic nitrogens is 2. The molecule has 2 aromatic carbocycles. The number of nitrogens with one attached hydrogen (secondary N) is 1. The van der Waals surface area contributed by atoms with Gasteiger partial charge in [0.25, 0.3) is 0 Å². The second kappa shape index (κ2) is 13.4. The number of ether oxygens (including phenoxy) is 1. The smallest absolute Gasteiger partial charge is 0.490 e. The molecule has 0 bridgehead atoms. The lowest BCUT2D eigenvalue weighted by Gasteiger charge is -2.38. The Labute approximate surface area is 241 Å². The van der Waals surface area contributed by atoms with Crippen LogP contribution in [-0.2, 0) is 17.6 Å². The molecule has 3 unspecified atom stereocenters. The van der Waals surface area contributed by atoms with Crippen LogP contribution in [0.15, 0.2) is 54.7 Å². The van der Waals surface area contributed by atoms with Crippen LogP contribution >= 0.6 is 11.6 Å². The zero-order chi connectivity index (χ0) is 29.6. The number of nitrogens with zero attached hydrogens (tertiary/aromatic N) is 3. The van der Waals surface area contributed by atoms with Gasteiger partial charge in [0.05, 0.1) is 6.04 Å². The van der Waals surface area contributed by atoms with Gasteiger partial charge in [-0.1, -0.05) is 24.6 Å². The van der Waals surface area contributed by atoms with Gasteiger partial charge in [0.2, 0.25) is 5.28 Å². The maximum atomic E-state index is 10.6. The molecular formula is C29H32ClF3N4O4. The van der Waals surface area contributed by atoms with E-state index in [0.717, 1.165) is 37.5 Å². The Balaban J connectivity index is 0.000000493. The molecule has 8 nitrogen and oxygen atoms in total. The number of aliphatic carboxylic acids is 1. The van der Waals surface area contributed by atoms with Crippen molar-refractivity contribution in [1.82, 2.24) is 15.3 Å². The Morgan fingerprint density at radius 3 is 2.56 bits per heavy atom. The van der Waals surface area contributed by atoms with Crippen LogP contribution in [0.4, 0.5) is 19.0 Å². The molecular weight excluding hydrogens is 561 g/mol. The highest BCUT2D eigenvalue weighted by molar-refractivity contribution is 6.28. The Bertz CT molecular complexity index is 1320. The highest BCUT2D eigenvalue weighted by atomic mass is 35.5. The molecule has 3 N–H and O–H groups in total. The summed E-state index contributed by atoms with van der Waals surface area (Å²) in [7, 11) is 0. The number of alkyl halides is 3. The molecule has 3 heterocycles. The van der Waals surface area contributed by atoms with Crippen LogP contribution in [0, 0.1) is 0 Å². The highest BCUT2D eigenvalue weighted by Crippen LogP contribution is 2.37. The second-order valence-electron chi connectivity index (χ2n) is 10.1. The molecule has 1 aromatic heterocycles. The van der Waals surface area contributed by atoms with Gasteiger partial charge in [-0.3, -0.25) is 0 Å². The van der Waals surface area contributed by atoms with Crippen LogP contribution in [0.3, 0.4) is 0 Å². The number of halogens is 4. The van der Waals surface area contributed by atoms with Crippen molar-refractivity contribution in [2.45, 2.75) is 63.4 Å². The van der Waals surface area contributed by atoms with E-state index in [2.05, 4.69) is 51.4 Å². The molecule has 12 heteroatoms. The fourth-order valence-corrected chi connectivity index (χ4v) is 5.33. The minimum absolute atomic E-state index is 0.0763. The fraction of sp³-hybridized carbons (Fsp3) is 0.414. The van der Waals surface area contributed by atoms with E-state index in [4.69, 9.17) is 26.2 Å². The van der Waals surface area contributed by atoms with Crippen LogP contribution < -0.4 is 15.0 Å². The first-order chi connectivity index (χ1) is 19.5. The molecule has 41 heavy (non-hydrogen) atoms. The van der Waals surface area contributed by atoms with Gasteiger partial charge in [-0.05, 0) is 97.8 Å². The zero-order valence-electron chi connectivity index (χ0n) is 22.4. The fourth-order valence-electron chi connectivity index (χ4n) is 5.18. The van der Waals surface area contributed by atoms with Crippen molar-refractivity contribution in [3.63, 3.8) is 0 Å². The maximum absolute atomic E-state index is 10.6. The number of anilines is 1. The monoisotopic (exact) mass is 592 g/mol. The maximum Gasteiger partial charge on any atom is 0.490 e. The number of rotatable bonds is 6. The van der Waals surface area contributed by atoms with E-state index < -0.39 is 12.1 Å². The number of phenols is 1. The summed E-state index contributed by atoms with van der Waals surface area (Å²) in [5.41, 5.74) is 3.60. The molecule has 5 rings (SSSR count). The lowest BCUT2D eigenvalue weighted by molar-refractivity contribution is -0.192. The van der Waals surface area contributed by atoms with Crippen molar-refractivity contribution in [3.8, 4) is 11.5 Å². The molecule has 2 aliphatic rings. The number of carboxylic acids is 1. The van der Waals surface area contributed by atoms with Gasteiger partial charge in [-0.25, -0.2) is 14.8 Å². The first kappa shape index (κ1) is 30.4. The number of fused-ring (bicyclic) bond motifs is 1. The van der Waals surface area contributed by atoms with E-state index in [-0.39, 0.29) is 17.4 Å². The standard InChI is InChI=1S/C27H31ClN4O2.C2HF3O2/c1-18(24-4-2-3-13-29-24)34-22-8-5-19(6-9-22)16-25-23-10-7-21(33)17-20(23)12-15-32(25)26-11-14-30-27(28)31-26;3-2(4,5)1(6)7/h5-11,14,17-18,24-25,29,33H,2-4,12-13,15-16H2,1H3;(H,6,7). The molecule has 1 fully saturated rings. The quantitative estimate of drug-likeness (QED) is 0.312. The molecule has 3 aromatic rings. The van der Waals surface area contributed by atoms with E-state index >= 15 is 0 Å². The summed E-state index contributed by atoms with van der Waals surface area (Å²) in [4.78, 5) is 19.7. The van der Waals surface area contributed by atoms with E-state index in [1.54, 1.807) is 12.3 Å². The zero-order valence-corrected chi connectivity index (χ0v) is 23.2. The molecule has 0 amide bonds. The summed E-state index contributed by atoms with van der Waals surface area (Å²) in [5, 5.41) is 21.0. The summed E-state index contributed by atoms with van der Waals surface area (Å²) in [6.07, 6.45) is 2.07. The van der Waals surface area contributed by atoms with Crippen molar-refractivity contribution in [2.75, 3.05) is 18.0 Å². The second-order valence-corrected chi connectivity index (χ2v) is 10.4. The molecule has 2 aliphatic heterocycles. The summed E-state index contributed by atoms with van der Waals surface area (Å²) in [6.45, 7) is 4.02. The van der Waals surface area contributed by atoms with Crippen LogP contribution in [0.25, 0.3) is 0 Å². The van der Waals surface area contributed by atoms with Crippen molar-refractivity contribution in [1.29, 1.82) is 0 Å². The molecule has 0 aliphatic carbocycles. The predicted molar refractivity (Wildman–Crippen MR) is 149 cm³/mol. The van der Waals surface area contributed by atoms with Crippen molar-refractivity contribution >= 4 is 23.4 Å². The highest BCUT2D eigenvalue weighted by Gasteiger charge is 2.38. The number of aromatic hydroxyl groups is 1. The van der Waals surface area contributed by atoms with Gasteiger partial charge in [0.1, 0.15) is 23.4 Å². The van der Waals surface area contributed by atoms with Crippen LogP contribution in [0.2, 0.25) is 5.28 Å². The minimum atomic E-state index is -5.08. The summed E-state index contributed by atoms with van der Waals surface area (Å²) in [5.74, 6) is -0.735. The van der Waals surface area contributed by atoms with Gasteiger partial charge in [-0.15, -0.1) is 0 Å². The molecule has 220 valence electrons. The van der Waals surface area contributed by atoms with E-state index in [1.807, 2.05) is 18.2 Å². The number of hydrogen-bond acceptors (Lipinski definition) is 7. The number of piperidine rings is 1. The van der Waals surface area contributed by atoms with Crippen molar-refractivity contribution in [3.05, 3.63) is 76.7 Å². The van der Waals surface area contributed by atoms with Gasteiger partial charge >= 0.3 is 12.1 Å². The Kier molecular flexibility index (Phi) is 9.93. The first-order valence-corrected chi connectivity index (χ1v) is 13.7. The molecule has 1 saturated heterocycles. The minimum Gasteiger partial charge on any atom is -0.508 e. The van der Waals surface area contributed by atoms with Gasteiger partial charge < -0.3 is 25.2 Å². The van der Waals surface area contributed by atoms with E-state index in [9.17, 15) is 18.3 Å². The lowest BCUT2D eigenvalue weighted by Crippen LogP contribution is -2.44. The number of hydrogen-bond donors (Lipinski definition) is 3. The topological polar surface area (TPSA) is 108 Å². The Morgan fingerprint density at radius 1 is 1.20 bits per heavy atom. The first-order valence-electron chi connectivity index (χ1n) is 13.4. The third kappa shape index (κ3) is 8.23. The summed E-state index contributed by atoms with van der Waals surface area (Å²) >= 11 is 6.11. The SMILES string of the molecule is CC(Oc1ccc(CC2c3ccc(O)cc3CCN2c2ccnc(Cl)n2)cc1)C1CCCCN1.O=C(O)C(F)(F)F. The van der Waals surface area contributed by atoms with Crippen LogP contribution in [0.1, 0.15) is 48.9 Å². The normalized spacial score (nSPS) is 19.4. The van der Waals surface area contributed by atoms with E-state index in [0.29, 0.717) is 11.8 Å². The average Bonchev–Trinajstić information content (AvgIpc) is 2.94. The largest absolute Gasteiger partial charge is 0.508 e. The van der Waals surface area contributed by atoms with Gasteiger partial charge in [-0.2, -0.15) is 13.2 Å². The number of carbonyl (C=O) groups is 1. The third-order valence-electron chi connectivity index (χ3n) is 7.22. The summed E-state index contributed by atoms with van der Waals surface area (Å²) < 4.78 is 38.0. The van der Waals surface area contributed by atoms with Crippen LogP contribution in [-0.4, -0.2) is 57.6 Å². The molecule has 0 saturated carbocycles. The van der Waals surface area contributed by atoms with E-state index in [1.165, 1.54) is 36.0 Å². The molecule has 0 spiro atoms. The Morgan fingerprint density at radius 2 is 1.93 bits per heavy atom. The average molecular weight is 593 g/mol. The Hall–Kier alpha value is -3.57. The molecule has 0 radical (unpaired) electrons. The predicted octanol–water partition coefficient (Wildman–Crippen LogP) is 5.72. The number of carboxylic acid groups (broad SMARTS) is 1. The van der Waals surface area contributed by atoms with Crippen LogP contribution in [0.5, 0.6) is 11.5 Å². The number of phenolic OH excluding ortho intramolecular Hbond substituents is 1. The van der Waals surface area contributed by atoms with Crippen molar-refractivity contribution < 1.29 is 32.9 Å². The third-order valence-corrected chi connectivity index (χ3v) is 7.40.